The predicted molar refractivity (Wildman–Crippen MR) is 48.4 cm³/mol. The zero-order valence-electron chi connectivity index (χ0n) is 6.43. The van der Waals surface area contributed by atoms with E-state index in [4.69, 9.17) is 3.07 Å². The molecule has 0 amide bonds. The number of cyclic esters (lactones) is 1. The zero-order chi connectivity index (χ0) is 9.14. The molecule has 1 aliphatic heterocycles. The summed E-state index contributed by atoms with van der Waals surface area (Å²) in [5.41, 5.74) is 0.0619. The van der Waals surface area contributed by atoms with Crippen molar-refractivity contribution in [2.45, 2.75) is 13.3 Å². The molecule has 0 radical (unpaired) electrons. The fraction of sp³-hybridized carbons (Fsp3) is 0.429. The van der Waals surface area contributed by atoms with Crippen LogP contribution in [0.2, 0.25) is 0 Å². The number of halogens is 1. The van der Waals surface area contributed by atoms with Crippen molar-refractivity contribution in [2.75, 3.05) is 6.61 Å². The summed E-state index contributed by atoms with van der Waals surface area (Å²) >= 11 is 1.62. The number of Topliss-reactive ketones (excluding diaryl/α,β-unsaturated/α-hetero) is 1. The molecule has 0 aliphatic carbocycles. The summed E-state index contributed by atoms with van der Waals surface area (Å²) in [5, 5.41) is 0. The third-order valence-electron chi connectivity index (χ3n) is 1.51. The molecule has 1 heterocycles. The van der Waals surface area contributed by atoms with Crippen molar-refractivity contribution in [3.63, 3.8) is 0 Å². The van der Waals surface area contributed by atoms with Gasteiger partial charge in [0.1, 0.15) is 5.57 Å². The molecule has 0 atom stereocenters. The van der Waals surface area contributed by atoms with Crippen molar-refractivity contribution in [1.29, 1.82) is 0 Å². The van der Waals surface area contributed by atoms with E-state index in [0.717, 1.165) is 0 Å². The largest absolute Gasteiger partial charge is 0.454 e. The van der Waals surface area contributed by atoms with Gasteiger partial charge in [-0.1, -0.05) is 6.92 Å². The lowest BCUT2D eigenvalue weighted by Crippen LogP contribution is -2.09. The highest BCUT2D eigenvalue weighted by Gasteiger charge is 2.30. The summed E-state index contributed by atoms with van der Waals surface area (Å²) in [5.74, 6) is -0.481. The third kappa shape index (κ3) is 1.60. The first-order valence-electron chi connectivity index (χ1n) is 3.42. The molecule has 0 spiro atoms. The minimum absolute atomic E-state index is 0.0619. The van der Waals surface area contributed by atoms with E-state index in [1.807, 2.05) is 0 Å². The lowest BCUT2D eigenvalue weighted by molar-refractivity contribution is -0.137. The van der Waals surface area contributed by atoms with Crippen LogP contribution in [0.1, 0.15) is 13.3 Å². The normalized spacial score (nSPS) is 16.3. The molecular weight excluding hydrogens is 275 g/mol. The SMILES string of the molecule is CCC(=O)C1=C(OI)COC1=O. The summed E-state index contributed by atoms with van der Waals surface area (Å²) in [6, 6.07) is 0. The lowest BCUT2D eigenvalue weighted by Gasteiger charge is -1.95. The smallest absolute Gasteiger partial charge is 0.345 e. The van der Waals surface area contributed by atoms with E-state index >= 15 is 0 Å². The van der Waals surface area contributed by atoms with Gasteiger partial charge in [-0.2, -0.15) is 0 Å². The van der Waals surface area contributed by atoms with Crippen LogP contribution >= 0.6 is 23.0 Å². The number of hydrogen-bond donors (Lipinski definition) is 0. The number of hydrogen-bond acceptors (Lipinski definition) is 4. The van der Waals surface area contributed by atoms with Crippen LogP contribution < -0.4 is 0 Å². The molecule has 4 nitrogen and oxygen atoms in total. The number of carbonyl (C=O) groups is 2. The van der Waals surface area contributed by atoms with Crippen molar-refractivity contribution >= 4 is 34.8 Å². The van der Waals surface area contributed by atoms with Crippen LogP contribution in [0.3, 0.4) is 0 Å². The van der Waals surface area contributed by atoms with Gasteiger partial charge in [-0.05, 0) is 0 Å². The van der Waals surface area contributed by atoms with E-state index in [0.29, 0.717) is 5.76 Å². The fourth-order valence-corrected chi connectivity index (χ4v) is 1.24. The summed E-state index contributed by atoms with van der Waals surface area (Å²) < 4.78 is 9.43. The number of ketones is 1. The summed E-state index contributed by atoms with van der Waals surface area (Å²) in [7, 11) is 0. The molecule has 0 fully saturated rings. The topological polar surface area (TPSA) is 52.6 Å². The lowest BCUT2D eigenvalue weighted by atomic mass is 10.1. The van der Waals surface area contributed by atoms with Crippen molar-refractivity contribution in [1.82, 2.24) is 0 Å². The molecular formula is C7H7IO4. The van der Waals surface area contributed by atoms with Gasteiger partial charge >= 0.3 is 5.97 Å². The maximum atomic E-state index is 11.2. The Morgan fingerprint density at radius 3 is 2.92 bits per heavy atom. The van der Waals surface area contributed by atoms with Crippen LogP contribution in [0.25, 0.3) is 0 Å². The van der Waals surface area contributed by atoms with Gasteiger partial charge in [0.15, 0.2) is 41.2 Å². The average Bonchev–Trinajstić information content (AvgIpc) is 2.45. The van der Waals surface area contributed by atoms with E-state index in [1.54, 1.807) is 29.9 Å². The molecule has 1 aliphatic rings. The Hall–Kier alpha value is -0.590. The van der Waals surface area contributed by atoms with Crippen LogP contribution in [-0.4, -0.2) is 18.4 Å². The summed E-state index contributed by atoms with van der Waals surface area (Å²) in [6.07, 6.45) is 0.286. The van der Waals surface area contributed by atoms with E-state index in [9.17, 15) is 9.59 Å². The van der Waals surface area contributed by atoms with Gasteiger partial charge in [0.25, 0.3) is 0 Å². The molecule has 0 saturated heterocycles. The average molecular weight is 282 g/mol. The quantitative estimate of drug-likeness (QED) is 0.442. The Morgan fingerprint density at radius 1 is 1.75 bits per heavy atom. The first-order chi connectivity index (χ1) is 5.70. The standard InChI is InChI=1S/C7H7IO4/c1-2-4(9)6-5(12-8)3-11-7(6)10/h2-3H2,1H3. The van der Waals surface area contributed by atoms with Gasteiger partial charge in [0.2, 0.25) is 0 Å². The number of rotatable bonds is 3. The molecule has 0 aromatic rings. The van der Waals surface area contributed by atoms with Gasteiger partial charge in [-0.15, -0.1) is 0 Å². The van der Waals surface area contributed by atoms with E-state index in [2.05, 4.69) is 4.74 Å². The van der Waals surface area contributed by atoms with Gasteiger partial charge in [-0.3, -0.25) is 4.79 Å². The Bertz CT molecular complexity index is 256. The van der Waals surface area contributed by atoms with E-state index < -0.39 is 5.97 Å². The zero-order valence-corrected chi connectivity index (χ0v) is 8.58. The molecule has 12 heavy (non-hydrogen) atoms. The third-order valence-corrected chi connectivity index (χ3v) is 2.04. The first-order valence-corrected chi connectivity index (χ1v) is 4.30. The minimum Gasteiger partial charge on any atom is -0.454 e. The van der Waals surface area contributed by atoms with E-state index in [-0.39, 0.29) is 24.4 Å². The van der Waals surface area contributed by atoms with Crippen molar-refractivity contribution in [3.8, 4) is 0 Å². The van der Waals surface area contributed by atoms with Crippen LogP contribution in [0.4, 0.5) is 0 Å². The molecule has 0 N–H and O–H groups in total. The molecule has 5 heteroatoms. The molecule has 0 unspecified atom stereocenters. The molecule has 0 bridgehead atoms. The number of esters is 1. The Kier molecular flexibility index (Phi) is 3.07. The molecule has 0 aromatic heterocycles. The predicted octanol–water partition coefficient (Wildman–Crippen LogP) is 1.14. The number of ether oxygens (including phenoxy) is 1. The molecule has 66 valence electrons. The van der Waals surface area contributed by atoms with Gasteiger partial charge in [0.05, 0.1) is 0 Å². The van der Waals surface area contributed by atoms with Gasteiger partial charge in [0, 0.05) is 6.42 Å². The second-order valence-corrected chi connectivity index (χ2v) is 2.67. The first kappa shape index (κ1) is 9.50. The molecule has 1 rings (SSSR count). The second-order valence-electron chi connectivity index (χ2n) is 2.23. The number of carbonyl (C=O) groups excluding carboxylic acids is 2. The maximum absolute atomic E-state index is 11.2. The summed E-state index contributed by atoms with van der Waals surface area (Å²) in [4.78, 5) is 22.1. The van der Waals surface area contributed by atoms with Crippen LogP contribution in [-0.2, 0) is 17.4 Å². The monoisotopic (exact) mass is 282 g/mol. The summed E-state index contributed by atoms with van der Waals surface area (Å²) in [6.45, 7) is 1.76. The molecule has 0 aromatic carbocycles. The highest BCUT2D eigenvalue weighted by atomic mass is 127. The maximum Gasteiger partial charge on any atom is 0.345 e. The Balaban J connectivity index is 2.95. The van der Waals surface area contributed by atoms with E-state index in [1.165, 1.54) is 0 Å². The van der Waals surface area contributed by atoms with Crippen molar-refractivity contribution < 1.29 is 17.4 Å². The van der Waals surface area contributed by atoms with Crippen LogP contribution in [0.15, 0.2) is 11.3 Å². The van der Waals surface area contributed by atoms with Crippen LogP contribution in [0.5, 0.6) is 0 Å². The van der Waals surface area contributed by atoms with Crippen molar-refractivity contribution in [2.24, 2.45) is 0 Å². The highest BCUT2D eigenvalue weighted by molar-refractivity contribution is 14.1. The fourth-order valence-electron chi connectivity index (χ4n) is 0.896. The Morgan fingerprint density at radius 2 is 2.42 bits per heavy atom. The van der Waals surface area contributed by atoms with Crippen LogP contribution in [0, 0.1) is 0 Å². The second kappa shape index (κ2) is 3.88. The Labute approximate surface area is 83.6 Å². The molecule has 0 saturated carbocycles. The van der Waals surface area contributed by atoms with Crippen molar-refractivity contribution in [3.05, 3.63) is 11.3 Å². The highest BCUT2D eigenvalue weighted by Crippen LogP contribution is 2.20. The van der Waals surface area contributed by atoms with Gasteiger partial charge < -0.3 is 7.80 Å². The minimum atomic E-state index is -0.575. The van der Waals surface area contributed by atoms with Gasteiger partial charge in [-0.25, -0.2) is 4.79 Å².